The van der Waals surface area contributed by atoms with Crippen LogP contribution in [0, 0.1) is 5.92 Å². The van der Waals surface area contributed by atoms with E-state index in [2.05, 4.69) is 26.0 Å². The Bertz CT molecular complexity index is 227. The van der Waals surface area contributed by atoms with Gasteiger partial charge in [-0.2, -0.15) is 0 Å². The minimum atomic E-state index is 0.266. The van der Waals surface area contributed by atoms with Crippen molar-refractivity contribution in [2.24, 2.45) is 5.92 Å². The van der Waals surface area contributed by atoms with Crippen molar-refractivity contribution >= 4 is 11.3 Å². The molecule has 0 aliphatic rings. The van der Waals surface area contributed by atoms with Crippen molar-refractivity contribution in [2.45, 2.75) is 26.7 Å². The van der Waals surface area contributed by atoms with Crippen molar-refractivity contribution in [1.82, 2.24) is 0 Å². The zero-order valence-corrected chi connectivity index (χ0v) is 8.53. The zero-order valence-electron chi connectivity index (χ0n) is 7.71. The molecular formula is C10H16OS. The number of rotatable bonds is 4. The lowest BCUT2D eigenvalue weighted by molar-refractivity contribution is 0.300. The van der Waals surface area contributed by atoms with Crippen LogP contribution in [-0.4, -0.2) is 11.7 Å². The van der Waals surface area contributed by atoms with E-state index in [4.69, 9.17) is 5.11 Å². The SMILES string of the molecule is CC(C)Cc1ccc(CCO)s1. The van der Waals surface area contributed by atoms with Gasteiger partial charge in [0.1, 0.15) is 0 Å². The predicted molar refractivity (Wildman–Crippen MR) is 53.7 cm³/mol. The van der Waals surface area contributed by atoms with Gasteiger partial charge in [-0.3, -0.25) is 0 Å². The molecule has 68 valence electrons. The zero-order chi connectivity index (χ0) is 8.97. The molecular weight excluding hydrogens is 168 g/mol. The fraction of sp³-hybridized carbons (Fsp3) is 0.600. The number of hydrogen-bond acceptors (Lipinski definition) is 2. The summed E-state index contributed by atoms with van der Waals surface area (Å²) in [6, 6.07) is 4.30. The van der Waals surface area contributed by atoms with Crippen LogP contribution in [0.15, 0.2) is 12.1 Å². The Morgan fingerprint density at radius 2 is 2.00 bits per heavy atom. The molecule has 0 aliphatic heterocycles. The van der Waals surface area contributed by atoms with Crippen LogP contribution in [0.1, 0.15) is 23.6 Å². The second-order valence-corrected chi connectivity index (χ2v) is 4.69. The molecule has 0 saturated carbocycles. The van der Waals surface area contributed by atoms with Crippen LogP contribution in [0.2, 0.25) is 0 Å². The molecule has 0 amide bonds. The number of aliphatic hydroxyl groups is 1. The van der Waals surface area contributed by atoms with Crippen LogP contribution in [-0.2, 0) is 12.8 Å². The van der Waals surface area contributed by atoms with Gasteiger partial charge >= 0.3 is 0 Å². The first-order chi connectivity index (χ1) is 5.72. The molecule has 0 atom stereocenters. The summed E-state index contributed by atoms with van der Waals surface area (Å²) in [5.41, 5.74) is 0. The van der Waals surface area contributed by atoms with Crippen molar-refractivity contribution < 1.29 is 5.11 Å². The number of aliphatic hydroxyl groups excluding tert-OH is 1. The van der Waals surface area contributed by atoms with Crippen LogP contribution >= 0.6 is 11.3 Å². The highest BCUT2D eigenvalue weighted by molar-refractivity contribution is 7.11. The monoisotopic (exact) mass is 184 g/mol. The van der Waals surface area contributed by atoms with Crippen molar-refractivity contribution in [3.05, 3.63) is 21.9 Å². The molecule has 0 bridgehead atoms. The molecule has 1 N–H and O–H groups in total. The fourth-order valence-electron chi connectivity index (χ4n) is 1.18. The van der Waals surface area contributed by atoms with E-state index in [-0.39, 0.29) is 6.61 Å². The first-order valence-electron chi connectivity index (χ1n) is 4.41. The average Bonchev–Trinajstić information content (AvgIpc) is 2.36. The van der Waals surface area contributed by atoms with Crippen LogP contribution in [0.25, 0.3) is 0 Å². The number of hydrogen-bond donors (Lipinski definition) is 1. The Balaban J connectivity index is 2.52. The van der Waals surface area contributed by atoms with E-state index in [1.807, 2.05) is 11.3 Å². The van der Waals surface area contributed by atoms with Gasteiger partial charge in [0.05, 0.1) is 0 Å². The van der Waals surface area contributed by atoms with E-state index < -0.39 is 0 Å². The van der Waals surface area contributed by atoms with Gasteiger partial charge in [-0.15, -0.1) is 11.3 Å². The molecule has 1 heterocycles. The maximum atomic E-state index is 8.72. The van der Waals surface area contributed by atoms with Crippen LogP contribution < -0.4 is 0 Å². The second kappa shape index (κ2) is 4.63. The third-order valence-corrected chi connectivity index (χ3v) is 2.85. The Morgan fingerprint density at radius 3 is 2.58 bits per heavy atom. The molecule has 1 rings (SSSR count). The first-order valence-corrected chi connectivity index (χ1v) is 5.22. The third-order valence-electron chi connectivity index (χ3n) is 1.68. The van der Waals surface area contributed by atoms with Gasteiger partial charge in [-0.1, -0.05) is 13.8 Å². The van der Waals surface area contributed by atoms with E-state index in [0.717, 1.165) is 18.8 Å². The normalized spacial score (nSPS) is 11.0. The second-order valence-electron chi connectivity index (χ2n) is 3.44. The Morgan fingerprint density at radius 1 is 1.33 bits per heavy atom. The number of thiophene rings is 1. The van der Waals surface area contributed by atoms with Crippen LogP contribution in [0.3, 0.4) is 0 Å². The van der Waals surface area contributed by atoms with Crippen LogP contribution in [0.4, 0.5) is 0 Å². The Kier molecular flexibility index (Phi) is 3.76. The van der Waals surface area contributed by atoms with Gasteiger partial charge in [-0.05, 0) is 24.5 Å². The van der Waals surface area contributed by atoms with Gasteiger partial charge in [0.25, 0.3) is 0 Å². The summed E-state index contributed by atoms with van der Waals surface area (Å²) in [7, 11) is 0. The van der Waals surface area contributed by atoms with E-state index in [0.29, 0.717) is 0 Å². The molecule has 0 radical (unpaired) electrons. The molecule has 0 spiro atoms. The maximum absolute atomic E-state index is 8.72. The first kappa shape index (κ1) is 9.75. The maximum Gasteiger partial charge on any atom is 0.0479 e. The largest absolute Gasteiger partial charge is 0.396 e. The minimum Gasteiger partial charge on any atom is -0.396 e. The van der Waals surface area contributed by atoms with Crippen LogP contribution in [0.5, 0.6) is 0 Å². The molecule has 0 saturated heterocycles. The molecule has 1 aromatic rings. The van der Waals surface area contributed by atoms with E-state index in [1.165, 1.54) is 9.75 Å². The highest BCUT2D eigenvalue weighted by Gasteiger charge is 2.01. The van der Waals surface area contributed by atoms with Crippen molar-refractivity contribution in [3.63, 3.8) is 0 Å². The minimum absolute atomic E-state index is 0.266. The van der Waals surface area contributed by atoms with Gasteiger partial charge in [0.15, 0.2) is 0 Å². The van der Waals surface area contributed by atoms with Crippen molar-refractivity contribution in [3.8, 4) is 0 Å². The van der Waals surface area contributed by atoms with Crippen molar-refractivity contribution in [2.75, 3.05) is 6.61 Å². The van der Waals surface area contributed by atoms with Gasteiger partial charge in [0.2, 0.25) is 0 Å². The molecule has 0 fully saturated rings. The third kappa shape index (κ3) is 2.95. The summed E-state index contributed by atoms with van der Waals surface area (Å²) in [4.78, 5) is 2.74. The lowest BCUT2D eigenvalue weighted by Crippen LogP contribution is -1.89. The summed E-state index contributed by atoms with van der Waals surface area (Å²) in [5, 5.41) is 8.72. The molecule has 0 aliphatic carbocycles. The standard InChI is InChI=1S/C10H16OS/c1-8(2)7-10-4-3-9(12-10)5-6-11/h3-4,8,11H,5-7H2,1-2H3. The topological polar surface area (TPSA) is 20.2 Å². The van der Waals surface area contributed by atoms with Gasteiger partial charge in [-0.25, -0.2) is 0 Å². The molecule has 12 heavy (non-hydrogen) atoms. The average molecular weight is 184 g/mol. The summed E-state index contributed by atoms with van der Waals surface area (Å²) in [5.74, 6) is 0.727. The summed E-state index contributed by atoms with van der Waals surface area (Å²) >= 11 is 1.83. The van der Waals surface area contributed by atoms with E-state index >= 15 is 0 Å². The Labute approximate surface area is 78.1 Å². The lowest BCUT2D eigenvalue weighted by Gasteiger charge is -1.99. The molecule has 1 nitrogen and oxygen atoms in total. The summed E-state index contributed by atoms with van der Waals surface area (Å²) in [6.07, 6.45) is 1.97. The fourth-order valence-corrected chi connectivity index (χ4v) is 2.40. The quantitative estimate of drug-likeness (QED) is 0.762. The molecule has 1 aromatic heterocycles. The molecule has 0 aromatic carbocycles. The summed E-state index contributed by atoms with van der Waals surface area (Å²) in [6.45, 7) is 4.72. The highest BCUT2D eigenvalue weighted by Crippen LogP contribution is 2.19. The van der Waals surface area contributed by atoms with E-state index in [9.17, 15) is 0 Å². The van der Waals surface area contributed by atoms with Gasteiger partial charge < -0.3 is 5.11 Å². The Hall–Kier alpha value is -0.340. The molecule has 0 unspecified atom stereocenters. The predicted octanol–water partition coefficient (Wildman–Crippen LogP) is 2.48. The van der Waals surface area contributed by atoms with Gasteiger partial charge in [0, 0.05) is 22.8 Å². The van der Waals surface area contributed by atoms with E-state index in [1.54, 1.807) is 0 Å². The summed E-state index contributed by atoms with van der Waals surface area (Å²) < 4.78 is 0. The smallest absolute Gasteiger partial charge is 0.0479 e. The molecule has 2 heteroatoms. The highest BCUT2D eigenvalue weighted by atomic mass is 32.1. The van der Waals surface area contributed by atoms with Crippen molar-refractivity contribution in [1.29, 1.82) is 0 Å². The lowest BCUT2D eigenvalue weighted by atomic mass is 10.1.